The molecular weight excluding hydrogens is 126 g/mol. The van der Waals surface area contributed by atoms with E-state index in [-0.39, 0.29) is 0 Å². The van der Waals surface area contributed by atoms with Crippen molar-refractivity contribution in [1.29, 1.82) is 0 Å². The maximum absolute atomic E-state index is 9.25. The first-order valence-corrected chi connectivity index (χ1v) is 3.53. The van der Waals surface area contributed by atoms with Gasteiger partial charge in [0.25, 0.3) is 0 Å². The molecule has 2 N–H and O–H groups in total. The van der Waals surface area contributed by atoms with Gasteiger partial charge in [-0.15, -0.1) is 6.42 Å². The quantitative estimate of drug-likeness (QED) is 0.438. The second-order valence-corrected chi connectivity index (χ2v) is 2.59. The summed E-state index contributed by atoms with van der Waals surface area (Å²) in [5.74, 6) is 2.29. The minimum absolute atomic E-state index is 0.470. The van der Waals surface area contributed by atoms with Gasteiger partial charge in [-0.05, 0) is 19.9 Å². The van der Waals surface area contributed by atoms with Crippen LogP contribution in [0.4, 0.5) is 0 Å². The van der Waals surface area contributed by atoms with Crippen LogP contribution in [0.1, 0.15) is 20.3 Å². The first kappa shape index (κ1) is 9.48. The molecule has 1 atom stereocenters. The number of nitrogens with one attached hydrogen (secondary N) is 1. The zero-order chi connectivity index (χ0) is 8.04. The highest BCUT2D eigenvalue weighted by Crippen LogP contribution is 1.96. The number of hydrogen-bond donors (Lipinski definition) is 2. The predicted octanol–water partition coefficient (Wildman–Crippen LogP) is 0.370. The standard InChI is InChI=1S/C8H15NO/c1-4-6-9-7-8(3,10)5-2/h2,9-10H,4,6-7H2,1,3H3. The normalized spacial score (nSPS) is 15.8. The molecule has 58 valence electrons. The smallest absolute Gasteiger partial charge is 0.134 e. The molecule has 0 radical (unpaired) electrons. The fraction of sp³-hybridized carbons (Fsp3) is 0.750. The molecule has 0 spiro atoms. The van der Waals surface area contributed by atoms with Gasteiger partial charge in [-0.2, -0.15) is 0 Å². The molecule has 1 unspecified atom stereocenters. The van der Waals surface area contributed by atoms with Crippen molar-refractivity contribution in [3.63, 3.8) is 0 Å². The molecule has 0 saturated carbocycles. The molecule has 0 heterocycles. The lowest BCUT2D eigenvalue weighted by Gasteiger charge is -2.15. The van der Waals surface area contributed by atoms with E-state index in [1.165, 1.54) is 0 Å². The van der Waals surface area contributed by atoms with Crippen LogP contribution in [0, 0.1) is 12.3 Å². The Balaban J connectivity index is 3.40. The summed E-state index contributed by atoms with van der Waals surface area (Å²) in [4.78, 5) is 0. The Morgan fingerprint density at radius 2 is 2.30 bits per heavy atom. The lowest BCUT2D eigenvalue weighted by molar-refractivity contribution is 0.121. The molecule has 2 heteroatoms. The molecule has 10 heavy (non-hydrogen) atoms. The van der Waals surface area contributed by atoms with Gasteiger partial charge in [0.05, 0.1) is 0 Å². The van der Waals surface area contributed by atoms with Gasteiger partial charge in [-0.25, -0.2) is 0 Å². The molecule has 0 amide bonds. The van der Waals surface area contributed by atoms with Crippen molar-refractivity contribution < 1.29 is 5.11 Å². The van der Waals surface area contributed by atoms with Gasteiger partial charge in [-0.1, -0.05) is 12.8 Å². The molecule has 0 aromatic carbocycles. The van der Waals surface area contributed by atoms with Crippen molar-refractivity contribution in [2.75, 3.05) is 13.1 Å². The van der Waals surface area contributed by atoms with Crippen molar-refractivity contribution in [2.45, 2.75) is 25.9 Å². The minimum Gasteiger partial charge on any atom is -0.377 e. The summed E-state index contributed by atoms with van der Waals surface area (Å²) in [5.41, 5.74) is -0.991. The summed E-state index contributed by atoms with van der Waals surface area (Å²) in [6.07, 6.45) is 6.10. The number of rotatable bonds is 4. The topological polar surface area (TPSA) is 32.3 Å². The first-order chi connectivity index (χ1) is 4.62. The summed E-state index contributed by atoms with van der Waals surface area (Å²) >= 11 is 0. The summed E-state index contributed by atoms with van der Waals surface area (Å²) < 4.78 is 0. The van der Waals surface area contributed by atoms with E-state index >= 15 is 0 Å². The van der Waals surface area contributed by atoms with E-state index in [0.29, 0.717) is 6.54 Å². The fourth-order valence-corrected chi connectivity index (χ4v) is 0.560. The molecule has 0 bridgehead atoms. The molecule has 0 aliphatic heterocycles. The zero-order valence-electron chi connectivity index (χ0n) is 6.65. The molecule has 0 saturated heterocycles. The minimum atomic E-state index is -0.991. The third-order valence-electron chi connectivity index (χ3n) is 1.21. The Labute approximate surface area is 62.6 Å². The summed E-state index contributed by atoms with van der Waals surface area (Å²) in [7, 11) is 0. The zero-order valence-corrected chi connectivity index (χ0v) is 6.65. The first-order valence-electron chi connectivity index (χ1n) is 3.53. The maximum Gasteiger partial charge on any atom is 0.134 e. The second-order valence-electron chi connectivity index (χ2n) is 2.59. The molecule has 2 nitrogen and oxygen atoms in total. The Morgan fingerprint density at radius 1 is 1.70 bits per heavy atom. The number of terminal acetylenes is 1. The monoisotopic (exact) mass is 141 g/mol. The van der Waals surface area contributed by atoms with E-state index in [2.05, 4.69) is 18.2 Å². The summed E-state index contributed by atoms with van der Waals surface area (Å²) in [5, 5.41) is 12.3. The van der Waals surface area contributed by atoms with E-state index in [1.54, 1.807) is 6.92 Å². The van der Waals surface area contributed by atoms with Crippen LogP contribution in [0.3, 0.4) is 0 Å². The molecule has 0 rings (SSSR count). The van der Waals surface area contributed by atoms with Crippen LogP contribution in [0.2, 0.25) is 0 Å². The van der Waals surface area contributed by atoms with Crippen LogP contribution in [0.15, 0.2) is 0 Å². The van der Waals surface area contributed by atoms with Crippen LogP contribution in [0.5, 0.6) is 0 Å². The van der Waals surface area contributed by atoms with Crippen molar-refractivity contribution in [1.82, 2.24) is 5.32 Å². The van der Waals surface area contributed by atoms with Gasteiger partial charge in [0.1, 0.15) is 5.60 Å². The Bertz CT molecular complexity index is 124. The van der Waals surface area contributed by atoms with Crippen molar-refractivity contribution >= 4 is 0 Å². The highest BCUT2D eigenvalue weighted by atomic mass is 16.3. The predicted molar refractivity (Wildman–Crippen MR) is 42.6 cm³/mol. The molecule has 0 aliphatic carbocycles. The molecule has 0 fully saturated rings. The van der Waals surface area contributed by atoms with Gasteiger partial charge in [0.15, 0.2) is 0 Å². The van der Waals surface area contributed by atoms with Crippen LogP contribution in [0.25, 0.3) is 0 Å². The molecule has 0 aromatic rings. The molecule has 0 aromatic heterocycles. The van der Waals surface area contributed by atoms with E-state index < -0.39 is 5.60 Å². The van der Waals surface area contributed by atoms with Crippen LogP contribution >= 0.6 is 0 Å². The van der Waals surface area contributed by atoms with Crippen LogP contribution in [-0.4, -0.2) is 23.8 Å². The Morgan fingerprint density at radius 3 is 2.70 bits per heavy atom. The van der Waals surface area contributed by atoms with E-state index in [4.69, 9.17) is 6.42 Å². The van der Waals surface area contributed by atoms with Crippen molar-refractivity contribution in [2.24, 2.45) is 0 Å². The van der Waals surface area contributed by atoms with E-state index in [0.717, 1.165) is 13.0 Å². The average Bonchev–Trinajstić information content (AvgIpc) is 1.89. The van der Waals surface area contributed by atoms with E-state index in [1.807, 2.05) is 0 Å². The van der Waals surface area contributed by atoms with Crippen LogP contribution in [-0.2, 0) is 0 Å². The fourth-order valence-electron chi connectivity index (χ4n) is 0.560. The molecular formula is C8H15NO. The second kappa shape index (κ2) is 4.32. The van der Waals surface area contributed by atoms with E-state index in [9.17, 15) is 5.11 Å². The highest BCUT2D eigenvalue weighted by molar-refractivity contribution is 5.05. The maximum atomic E-state index is 9.25. The summed E-state index contributed by atoms with van der Waals surface area (Å²) in [6.45, 7) is 5.06. The third kappa shape index (κ3) is 4.37. The third-order valence-corrected chi connectivity index (χ3v) is 1.21. The Hall–Kier alpha value is -0.520. The summed E-state index contributed by atoms with van der Waals surface area (Å²) in [6, 6.07) is 0. The lowest BCUT2D eigenvalue weighted by Crippen LogP contribution is -2.36. The largest absolute Gasteiger partial charge is 0.377 e. The van der Waals surface area contributed by atoms with Gasteiger partial charge >= 0.3 is 0 Å². The van der Waals surface area contributed by atoms with Gasteiger partial charge in [0.2, 0.25) is 0 Å². The van der Waals surface area contributed by atoms with Gasteiger partial charge in [-0.3, -0.25) is 0 Å². The SMILES string of the molecule is C#CC(C)(O)CNCCC. The van der Waals surface area contributed by atoms with Crippen molar-refractivity contribution in [3.05, 3.63) is 0 Å². The van der Waals surface area contributed by atoms with Gasteiger partial charge in [0, 0.05) is 6.54 Å². The van der Waals surface area contributed by atoms with Crippen LogP contribution < -0.4 is 5.32 Å². The number of hydrogen-bond acceptors (Lipinski definition) is 2. The van der Waals surface area contributed by atoms with Crippen molar-refractivity contribution in [3.8, 4) is 12.3 Å². The highest BCUT2D eigenvalue weighted by Gasteiger charge is 2.14. The average molecular weight is 141 g/mol. The lowest BCUT2D eigenvalue weighted by atomic mass is 10.1. The Kier molecular flexibility index (Phi) is 4.10. The molecule has 0 aliphatic rings. The number of aliphatic hydroxyl groups is 1. The van der Waals surface area contributed by atoms with Gasteiger partial charge < -0.3 is 10.4 Å².